The summed E-state index contributed by atoms with van der Waals surface area (Å²) in [6.07, 6.45) is 10.7. The summed E-state index contributed by atoms with van der Waals surface area (Å²) in [4.78, 5) is 30.1. The number of hydrogen-bond acceptors (Lipinski definition) is 6. The number of nitrogens with zero attached hydrogens (tertiary/aromatic N) is 2. The molecule has 2 N–H and O–H groups in total. The smallest absolute Gasteiger partial charge is 0.295 e. The van der Waals surface area contributed by atoms with Crippen LogP contribution in [0.3, 0.4) is 0 Å². The number of anilines is 1. The summed E-state index contributed by atoms with van der Waals surface area (Å²) in [5.74, 6) is 2.98. The third-order valence-electron chi connectivity index (χ3n) is 6.68. The molecule has 0 radical (unpaired) electrons. The quantitative estimate of drug-likeness (QED) is 0.413. The first-order chi connectivity index (χ1) is 17.8. The van der Waals surface area contributed by atoms with Gasteiger partial charge in [-0.1, -0.05) is 36.0 Å². The molecule has 8 nitrogen and oxygen atoms in total. The molecule has 37 heavy (non-hydrogen) atoms. The molecule has 1 fully saturated rings. The zero-order chi connectivity index (χ0) is 26.7. The maximum absolute atomic E-state index is 13.7. The molecule has 0 spiro atoms. The highest BCUT2D eigenvalue weighted by atomic mass is 35.5. The van der Waals surface area contributed by atoms with Crippen molar-refractivity contribution >= 4 is 45.8 Å². The molecule has 2 atom stereocenters. The predicted octanol–water partition coefficient (Wildman–Crippen LogP) is 4.88. The Labute approximate surface area is 225 Å². The number of nitrogens with one attached hydrogen (secondary N) is 2. The average molecular weight is 543 g/mol. The van der Waals surface area contributed by atoms with Gasteiger partial charge in [0.1, 0.15) is 17.3 Å². The first-order valence-corrected chi connectivity index (χ1v) is 12.8. The maximum atomic E-state index is 13.7. The molecule has 4 rings (SSSR count). The largest absolute Gasteiger partial charge is 0.495 e. The molecular formula is C27H28Cl2N4O4. The fourth-order valence-corrected chi connectivity index (χ4v) is 5.55. The second kappa shape index (κ2) is 11.3. The fraction of sp³-hybridized carbons (Fsp3) is 0.370. The lowest BCUT2D eigenvalue weighted by Gasteiger charge is -2.32. The number of terminal acetylenes is 1. The molecule has 0 unspecified atom stereocenters. The monoisotopic (exact) mass is 542 g/mol. The average Bonchev–Trinajstić information content (AvgIpc) is 2.90. The van der Waals surface area contributed by atoms with Crippen molar-refractivity contribution in [2.24, 2.45) is 0 Å². The first-order valence-electron chi connectivity index (χ1n) is 12.0. The summed E-state index contributed by atoms with van der Waals surface area (Å²) in [6, 6.07) is 5.02. The van der Waals surface area contributed by atoms with Crippen LogP contribution in [0.5, 0.6) is 11.5 Å². The van der Waals surface area contributed by atoms with E-state index in [1.54, 1.807) is 22.9 Å². The van der Waals surface area contributed by atoms with Crippen molar-refractivity contribution in [2.75, 3.05) is 19.5 Å². The molecule has 1 amide bonds. The number of ether oxygens (including phenoxy) is 2. The molecule has 0 bridgehead atoms. The van der Waals surface area contributed by atoms with E-state index < -0.39 is 5.91 Å². The molecule has 2 heterocycles. The van der Waals surface area contributed by atoms with Crippen LogP contribution >= 0.6 is 23.2 Å². The number of rotatable bonds is 7. The summed E-state index contributed by atoms with van der Waals surface area (Å²) in [5, 5.41) is 7.50. The molecule has 1 aliphatic carbocycles. The normalized spacial score (nSPS) is 17.2. The number of methoxy groups -OCH3 is 2. The second-order valence-corrected chi connectivity index (χ2v) is 9.54. The van der Waals surface area contributed by atoms with Crippen LogP contribution in [0.15, 0.2) is 29.2 Å². The van der Waals surface area contributed by atoms with Crippen LogP contribution in [0.4, 0.5) is 5.82 Å². The fourth-order valence-electron chi connectivity index (χ4n) is 4.84. The molecular weight excluding hydrogens is 515 g/mol. The molecule has 0 saturated heterocycles. The van der Waals surface area contributed by atoms with Crippen LogP contribution in [0.25, 0.3) is 22.0 Å². The molecule has 1 aromatic carbocycles. The van der Waals surface area contributed by atoms with Crippen molar-refractivity contribution in [1.82, 2.24) is 14.9 Å². The van der Waals surface area contributed by atoms with Crippen LogP contribution in [-0.2, 0) is 11.3 Å². The SMILES string of the molecule is C#CC(=O)N[C@H]1CCCC[C@H]1Nc1cc2c(cn1)cc(-c1c(Cl)c(OC)cc(OC)c1Cl)c(=O)n2CC. The van der Waals surface area contributed by atoms with Gasteiger partial charge in [0.25, 0.3) is 11.5 Å². The minimum absolute atomic E-state index is 0.0288. The number of hydrogen-bond donors (Lipinski definition) is 2. The Morgan fingerprint density at radius 1 is 1.14 bits per heavy atom. The van der Waals surface area contributed by atoms with E-state index >= 15 is 0 Å². The highest BCUT2D eigenvalue weighted by Gasteiger charge is 2.27. The summed E-state index contributed by atoms with van der Waals surface area (Å²) in [7, 11) is 2.96. The number of halogens is 2. The van der Waals surface area contributed by atoms with E-state index in [1.165, 1.54) is 14.2 Å². The molecule has 10 heteroatoms. The summed E-state index contributed by atoms with van der Waals surface area (Å²) in [5.41, 5.74) is 1.09. The number of carbonyl (C=O) groups is 1. The Morgan fingerprint density at radius 2 is 1.78 bits per heavy atom. The zero-order valence-electron chi connectivity index (χ0n) is 20.9. The summed E-state index contributed by atoms with van der Waals surface area (Å²) in [6.45, 7) is 2.30. The lowest BCUT2D eigenvalue weighted by molar-refractivity contribution is -0.116. The first kappa shape index (κ1) is 26.6. The lowest BCUT2D eigenvalue weighted by Crippen LogP contribution is -2.48. The minimum atomic E-state index is -0.427. The highest BCUT2D eigenvalue weighted by Crippen LogP contribution is 2.45. The van der Waals surface area contributed by atoms with Crippen molar-refractivity contribution in [3.05, 3.63) is 44.8 Å². The Bertz CT molecular complexity index is 1420. The van der Waals surface area contributed by atoms with Crippen LogP contribution in [0.2, 0.25) is 10.0 Å². The van der Waals surface area contributed by atoms with Gasteiger partial charge in [0.15, 0.2) is 0 Å². The Hall–Kier alpha value is -3.41. The zero-order valence-corrected chi connectivity index (χ0v) is 22.4. The number of aryl methyl sites for hydroxylation is 1. The number of aromatic nitrogens is 2. The van der Waals surface area contributed by atoms with Crippen molar-refractivity contribution in [3.8, 4) is 35.0 Å². The predicted molar refractivity (Wildman–Crippen MR) is 147 cm³/mol. The molecule has 0 aliphatic heterocycles. The van der Waals surface area contributed by atoms with Crippen LogP contribution in [0.1, 0.15) is 32.6 Å². The molecule has 3 aromatic rings. The summed E-state index contributed by atoms with van der Waals surface area (Å²) < 4.78 is 12.4. The Morgan fingerprint density at radius 3 is 2.38 bits per heavy atom. The number of pyridine rings is 2. The van der Waals surface area contributed by atoms with Crippen molar-refractivity contribution in [3.63, 3.8) is 0 Å². The third-order valence-corrected chi connectivity index (χ3v) is 7.43. The molecule has 1 saturated carbocycles. The van der Waals surface area contributed by atoms with Crippen LogP contribution < -0.4 is 25.7 Å². The van der Waals surface area contributed by atoms with Gasteiger partial charge in [-0.25, -0.2) is 4.98 Å². The molecule has 2 aromatic heterocycles. The standard InChI is InChI=1S/C27H28Cl2N4O4/c1-5-23(34)32-18-10-8-7-9-17(18)31-22-12-19-15(14-30-22)11-16(27(35)33(19)6-2)24-25(28)20(36-3)13-21(37-4)26(24)29/h1,11-14,17-18H,6-10H2,2-4H3,(H,30,31)(H,32,34)/t17-,18+/m1/s1. The van der Waals surface area contributed by atoms with E-state index in [0.717, 1.165) is 31.1 Å². The van der Waals surface area contributed by atoms with Gasteiger partial charge in [-0.3, -0.25) is 9.59 Å². The van der Waals surface area contributed by atoms with Gasteiger partial charge in [-0.15, -0.1) is 6.42 Å². The van der Waals surface area contributed by atoms with E-state index in [9.17, 15) is 9.59 Å². The van der Waals surface area contributed by atoms with Gasteiger partial charge in [0, 0.05) is 47.9 Å². The van der Waals surface area contributed by atoms with E-state index in [-0.39, 0.29) is 27.7 Å². The summed E-state index contributed by atoms with van der Waals surface area (Å²) >= 11 is 13.2. The Balaban J connectivity index is 1.79. The van der Waals surface area contributed by atoms with Crippen molar-refractivity contribution < 1.29 is 14.3 Å². The molecule has 194 valence electrons. The number of fused-ring (bicyclic) bond motifs is 1. The minimum Gasteiger partial charge on any atom is -0.495 e. The van der Waals surface area contributed by atoms with Gasteiger partial charge >= 0.3 is 0 Å². The van der Waals surface area contributed by atoms with Gasteiger partial charge < -0.3 is 24.7 Å². The van der Waals surface area contributed by atoms with Crippen LogP contribution in [0, 0.1) is 12.3 Å². The topological polar surface area (TPSA) is 94.5 Å². The van der Waals surface area contributed by atoms with Crippen LogP contribution in [-0.4, -0.2) is 41.8 Å². The maximum Gasteiger partial charge on any atom is 0.295 e. The van der Waals surface area contributed by atoms with E-state index in [2.05, 4.69) is 21.5 Å². The van der Waals surface area contributed by atoms with Gasteiger partial charge in [-0.05, 0) is 31.8 Å². The van der Waals surface area contributed by atoms with Gasteiger partial charge in [-0.2, -0.15) is 0 Å². The van der Waals surface area contributed by atoms with Crippen molar-refractivity contribution in [1.29, 1.82) is 0 Å². The third kappa shape index (κ3) is 5.20. The van der Waals surface area contributed by atoms with E-state index in [0.29, 0.717) is 40.5 Å². The second-order valence-electron chi connectivity index (χ2n) is 8.78. The number of amides is 1. The van der Waals surface area contributed by atoms with Gasteiger partial charge in [0.2, 0.25) is 0 Å². The highest BCUT2D eigenvalue weighted by molar-refractivity contribution is 6.41. The lowest BCUT2D eigenvalue weighted by atomic mass is 9.90. The number of benzene rings is 1. The van der Waals surface area contributed by atoms with Crippen molar-refractivity contribution in [2.45, 2.75) is 51.2 Å². The molecule has 1 aliphatic rings. The Kier molecular flexibility index (Phi) is 8.16. The van der Waals surface area contributed by atoms with E-state index in [1.807, 2.05) is 13.0 Å². The van der Waals surface area contributed by atoms with E-state index in [4.69, 9.17) is 39.1 Å². The number of carbonyl (C=O) groups excluding carboxylic acids is 1. The van der Waals surface area contributed by atoms with Gasteiger partial charge in [0.05, 0.1) is 35.3 Å².